The van der Waals surface area contributed by atoms with Crippen molar-refractivity contribution in [1.29, 1.82) is 0 Å². The third-order valence-electron chi connectivity index (χ3n) is 12.1. The summed E-state index contributed by atoms with van der Waals surface area (Å²) in [6.07, 6.45) is 8.29. The molecule has 0 bridgehead atoms. The fourth-order valence-corrected chi connectivity index (χ4v) is 9.10. The third kappa shape index (κ3) is 10.9. The van der Waals surface area contributed by atoms with Crippen LogP contribution in [0.15, 0.2) is 108 Å². The molecule has 0 unspecified atom stereocenters. The number of benzene rings is 3. The Labute approximate surface area is 390 Å². The topological polar surface area (TPSA) is 164 Å². The number of nitrogens with zero attached hydrogens (tertiary/aromatic N) is 7. The highest BCUT2D eigenvalue weighted by Gasteiger charge is 2.39. The van der Waals surface area contributed by atoms with Crippen molar-refractivity contribution in [2.75, 3.05) is 58.3 Å². The molecule has 16 heteroatoms. The fourth-order valence-electron chi connectivity index (χ4n) is 7.71. The van der Waals surface area contributed by atoms with Gasteiger partial charge in [-0.1, -0.05) is 61.5 Å². The lowest BCUT2D eigenvalue weighted by Gasteiger charge is -2.36. The van der Waals surface area contributed by atoms with Gasteiger partial charge in [-0.2, -0.15) is 5.10 Å². The molecule has 0 saturated carbocycles. The van der Waals surface area contributed by atoms with Crippen LogP contribution in [-0.2, 0) is 9.47 Å². The number of likely N-dealkylation sites (tertiary alicyclic amines) is 1. The summed E-state index contributed by atoms with van der Waals surface area (Å²) >= 11 is 3.58. The largest absolute Gasteiger partial charge is 0.543 e. The van der Waals surface area contributed by atoms with E-state index in [1.807, 2.05) is 71.4 Å². The number of ether oxygens (including phenoxy) is 3. The maximum absolute atomic E-state index is 12.8. The smallest absolute Gasteiger partial charge is 0.250 e. The number of fused-ring (bicyclic) bond motifs is 2. The van der Waals surface area contributed by atoms with Crippen LogP contribution in [0.5, 0.6) is 17.4 Å². The Morgan fingerprint density at radius 2 is 1.74 bits per heavy atom. The van der Waals surface area contributed by atoms with Gasteiger partial charge in [-0.15, -0.1) is 0 Å². The Kier molecular flexibility index (Phi) is 15.0. The summed E-state index contributed by atoms with van der Waals surface area (Å²) in [6, 6.07) is 21.3. The molecule has 0 atom stereocenters. The molecular weight excluding hydrogens is 905 g/mol. The van der Waals surface area contributed by atoms with Gasteiger partial charge in [-0.05, 0) is 91.6 Å². The molecule has 4 heterocycles. The molecule has 3 aromatic heterocycles. The van der Waals surface area contributed by atoms with Gasteiger partial charge in [-0.3, -0.25) is 14.4 Å². The molecule has 1 aliphatic heterocycles. The fraction of sp³-hybridized carbons (Fsp3) is 0.367. The number of rotatable bonds is 18. The number of carbonyl (C=O) groups excluding carboxylic acids is 1. The maximum Gasteiger partial charge on any atom is 0.250 e. The van der Waals surface area contributed by atoms with Gasteiger partial charge in [0.05, 0.1) is 67.5 Å². The quantitative estimate of drug-likeness (QED) is 0.0277. The highest BCUT2D eigenvalue weighted by atomic mass is 79.9. The first-order valence-electron chi connectivity index (χ1n) is 22.0. The van der Waals surface area contributed by atoms with Crippen LogP contribution in [0, 0.1) is 0 Å². The van der Waals surface area contributed by atoms with Crippen molar-refractivity contribution < 1.29 is 28.5 Å². The van der Waals surface area contributed by atoms with Crippen LogP contribution in [-0.4, -0.2) is 107 Å². The van der Waals surface area contributed by atoms with Gasteiger partial charge < -0.3 is 34.4 Å². The molecule has 14 nitrogen and oxygen atoms in total. The Bertz CT molecular complexity index is 2700. The number of nitrogens with two attached hydrogens (primary N) is 1. The molecule has 1 fully saturated rings. The van der Waals surface area contributed by atoms with E-state index in [4.69, 9.17) is 34.5 Å². The second-order valence-electron chi connectivity index (χ2n) is 17.6. The number of halogens is 1. The van der Waals surface area contributed by atoms with Crippen molar-refractivity contribution in [3.8, 4) is 28.6 Å². The number of allylic oxidation sites excluding steroid dienone is 2. The van der Waals surface area contributed by atoms with E-state index in [1.54, 1.807) is 18.4 Å². The molecule has 6 aromatic rings. The van der Waals surface area contributed by atoms with Gasteiger partial charge in [0, 0.05) is 47.5 Å². The summed E-state index contributed by atoms with van der Waals surface area (Å²) < 4.78 is 28.4. The summed E-state index contributed by atoms with van der Waals surface area (Å²) in [4.78, 5) is 29.1. The normalized spacial score (nSPS) is 14.5. The number of aromatic nitrogens is 5. The second-order valence-corrected chi connectivity index (χ2v) is 23.2. The Morgan fingerprint density at radius 1 is 1.00 bits per heavy atom. The van der Waals surface area contributed by atoms with Crippen molar-refractivity contribution in [1.82, 2.24) is 29.2 Å². The van der Waals surface area contributed by atoms with Gasteiger partial charge in [0.1, 0.15) is 29.3 Å². The predicted molar refractivity (Wildman–Crippen MR) is 264 cm³/mol. The zero-order chi connectivity index (χ0) is 46.3. The van der Waals surface area contributed by atoms with Crippen LogP contribution in [0.1, 0.15) is 62.5 Å². The van der Waals surface area contributed by atoms with E-state index in [1.165, 1.54) is 17.8 Å². The molecule has 1 saturated heterocycles. The third-order valence-corrected chi connectivity index (χ3v) is 17.0. The van der Waals surface area contributed by atoms with Crippen LogP contribution in [0.2, 0.25) is 18.1 Å². The monoisotopic (exact) mass is 962 g/mol. The van der Waals surface area contributed by atoms with Crippen LogP contribution in [0.25, 0.3) is 33.2 Å². The summed E-state index contributed by atoms with van der Waals surface area (Å²) in [5.41, 5.74) is 11.2. The van der Waals surface area contributed by atoms with Gasteiger partial charge in [-0.25, -0.2) is 14.6 Å². The minimum atomic E-state index is -2.15. The molecular formula is C49H59BrN8O6Si. The van der Waals surface area contributed by atoms with E-state index in [-0.39, 0.29) is 22.9 Å². The lowest BCUT2D eigenvalue weighted by Crippen LogP contribution is -2.43. The summed E-state index contributed by atoms with van der Waals surface area (Å²) in [6.45, 7) is 20.8. The van der Waals surface area contributed by atoms with Crippen LogP contribution in [0.4, 0.5) is 5.82 Å². The average molecular weight is 964 g/mol. The number of hydrogen-bond acceptors (Lipinski definition) is 12. The number of aliphatic imine (C=N–C) groups is 1. The van der Waals surface area contributed by atoms with Gasteiger partial charge >= 0.3 is 0 Å². The highest BCUT2D eigenvalue weighted by molar-refractivity contribution is 9.10. The Hall–Kier alpha value is -5.65. The molecule has 65 heavy (non-hydrogen) atoms. The summed E-state index contributed by atoms with van der Waals surface area (Å²) in [7, 11) is -2.15. The van der Waals surface area contributed by atoms with Crippen LogP contribution >= 0.6 is 15.9 Å². The van der Waals surface area contributed by atoms with E-state index in [9.17, 15) is 9.90 Å². The number of hydrogen-bond donors (Lipinski definition) is 2. The zero-order valence-electron chi connectivity index (χ0n) is 38.1. The van der Waals surface area contributed by atoms with E-state index in [0.29, 0.717) is 66.7 Å². The van der Waals surface area contributed by atoms with Gasteiger partial charge in [0.2, 0.25) is 20.1 Å². The van der Waals surface area contributed by atoms with Crippen molar-refractivity contribution in [2.24, 2.45) is 4.99 Å². The SMILES string of the molecule is C=C/C=C/Oc1ccc(-c2nn(C3CCN(CCOCCOCCN=C(c4cccc(O[Si](C)(C)C(C)(C)C)c4)c4c(O)n(C(C)=O)c5ccc(Br)cc45)CC3)c3ncnc(N)c23)cc1. The van der Waals surface area contributed by atoms with Crippen molar-refractivity contribution in [3.05, 3.63) is 114 Å². The maximum atomic E-state index is 12.8. The molecule has 0 radical (unpaired) electrons. The highest BCUT2D eigenvalue weighted by Crippen LogP contribution is 2.40. The van der Waals surface area contributed by atoms with Crippen molar-refractivity contribution >= 4 is 63.6 Å². The molecule has 1 aliphatic rings. The standard InChI is InChI=1S/C49H59BrN8O6Si/c1-8-9-25-63-38-16-13-34(14-17-38)45-43-46(51)53-32-54-47(43)58(55-45)37-19-22-56(23-20-37)24-27-62-29-28-61-26-21-52-44(35-11-10-12-39(30-35)64-65(6,7)49(3,4)5)42-40-31-36(50)15-18-41(40)57(33(2)59)48(42)60/h8-18,25,30-32,37,60H,1,19-24,26-29H2,2-7H3,(H2,51,53,54)/b25-9+,52-44?. The van der Waals surface area contributed by atoms with Crippen LogP contribution in [0.3, 0.4) is 0 Å². The first-order valence-corrected chi connectivity index (χ1v) is 25.7. The zero-order valence-corrected chi connectivity index (χ0v) is 40.7. The Balaban J connectivity index is 0.932. The average Bonchev–Trinajstić information content (AvgIpc) is 3.80. The number of aromatic hydroxyl groups is 1. The van der Waals surface area contributed by atoms with E-state index >= 15 is 0 Å². The lowest BCUT2D eigenvalue weighted by atomic mass is 10.0. The minimum absolute atomic E-state index is 0.00283. The van der Waals surface area contributed by atoms with Crippen LogP contribution < -0.4 is 14.9 Å². The number of piperidine rings is 1. The molecule has 0 spiro atoms. The van der Waals surface area contributed by atoms with Crippen molar-refractivity contribution in [3.63, 3.8) is 0 Å². The Morgan fingerprint density at radius 3 is 2.45 bits per heavy atom. The van der Waals surface area contributed by atoms with Crippen molar-refractivity contribution in [2.45, 2.75) is 64.7 Å². The van der Waals surface area contributed by atoms with Gasteiger partial charge in [0.15, 0.2) is 5.65 Å². The predicted octanol–water partition coefficient (Wildman–Crippen LogP) is 9.83. The first kappa shape index (κ1) is 47.3. The first-order chi connectivity index (χ1) is 31.2. The van der Waals surface area contributed by atoms with E-state index < -0.39 is 8.32 Å². The molecule has 3 N–H and O–H groups in total. The minimum Gasteiger partial charge on any atom is -0.543 e. The van der Waals surface area contributed by atoms with Gasteiger partial charge in [0.25, 0.3) is 0 Å². The number of carbonyl (C=O) groups is 1. The molecule has 0 amide bonds. The molecule has 0 aliphatic carbocycles. The number of anilines is 1. The molecule has 3 aromatic carbocycles. The second kappa shape index (κ2) is 20.7. The van der Waals surface area contributed by atoms with E-state index in [0.717, 1.165) is 70.6 Å². The molecule has 342 valence electrons. The summed E-state index contributed by atoms with van der Waals surface area (Å²) in [5, 5.41) is 18.1. The summed E-state index contributed by atoms with van der Waals surface area (Å²) in [5.74, 6) is 1.38. The lowest BCUT2D eigenvalue weighted by molar-refractivity contribution is 0.0371. The molecule has 7 rings (SSSR count). The van der Waals surface area contributed by atoms with E-state index in [2.05, 4.69) is 71.2 Å². The number of nitrogen functional groups attached to an aromatic ring is 1.